The van der Waals surface area contributed by atoms with Crippen molar-refractivity contribution in [3.05, 3.63) is 45.9 Å². The van der Waals surface area contributed by atoms with Gasteiger partial charge in [0.2, 0.25) is 0 Å². The highest BCUT2D eigenvalue weighted by Gasteiger charge is 2.29. The molecule has 5 heteroatoms. The zero-order chi connectivity index (χ0) is 14.0. The largest absolute Gasteiger partial charge is 0.394 e. The van der Waals surface area contributed by atoms with Crippen LogP contribution in [0.25, 0.3) is 0 Å². The van der Waals surface area contributed by atoms with Crippen molar-refractivity contribution < 1.29 is 19.8 Å². The lowest BCUT2D eigenvalue weighted by Crippen LogP contribution is -2.21. The number of benzene rings is 1. The zero-order valence-electron chi connectivity index (χ0n) is 10.4. The van der Waals surface area contributed by atoms with Gasteiger partial charge in [0.25, 0.3) is 0 Å². The Labute approximate surface area is 115 Å². The van der Waals surface area contributed by atoms with Gasteiger partial charge in [0.05, 0.1) is 17.6 Å². The molecule has 0 radical (unpaired) electrons. The van der Waals surface area contributed by atoms with Gasteiger partial charge in [0.1, 0.15) is 0 Å². The first kappa shape index (κ1) is 14.0. The van der Waals surface area contributed by atoms with Gasteiger partial charge in [-0.1, -0.05) is 24.3 Å². The van der Waals surface area contributed by atoms with Crippen LogP contribution in [0, 0.1) is 0 Å². The van der Waals surface area contributed by atoms with Gasteiger partial charge in [0, 0.05) is 22.5 Å². The number of aliphatic hydroxyl groups is 2. The lowest BCUT2D eigenvalue weighted by Gasteiger charge is -2.19. The van der Waals surface area contributed by atoms with Gasteiger partial charge in [-0.3, -0.25) is 9.59 Å². The van der Waals surface area contributed by atoms with Crippen LogP contribution in [0.2, 0.25) is 0 Å². The SMILES string of the molecule is CC1=C(SC[C@@H](O)CO)C(=O)c2ccccc2C1=O. The molecule has 1 aromatic carbocycles. The Morgan fingerprint density at radius 3 is 2.32 bits per heavy atom. The Hall–Kier alpha value is -1.43. The summed E-state index contributed by atoms with van der Waals surface area (Å²) in [4.78, 5) is 24.8. The molecule has 1 atom stereocenters. The number of ketones is 2. The summed E-state index contributed by atoms with van der Waals surface area (Å²) < 4.78 is 0. The summed E-state index contributed by atoms with van der Waals surface area (Å²) in [5.41, 5.74) is 1.23. The molecule has 19 heavy (non-hydrogen) atoms. The second-order valence-corrected chi connectivity index (χ2v) is 5.34. The fourth-order valence-corrected chi connectivity index (χ4v) is 2.90. The molecule has 1 aromatic rings. The molecular formula is C14H14O4S. The van der Waals surface area contributed by atoms with E-state index in [0.29, 0.717) is 21.6 Å². The Kier molecular flexibility index (Phi) is 4.19. The van der Waals surface area contributed by atoms with Gasteiger partial charge in [-0.05, 0) is 6.92 Å². The van der Waals surface area contributed by atoms with Crippen LogP contribution in [0.5, 0.6) is 0 Å². The van der Waals surface area contributed by atoms with E-state index in [4.69, 9.17) is 5.11 Å². The topological polar surface area (TPSA) is 74.6 Å². The maximum atomic E-state index is 12.3. The third kappa shape index (κ3) is 2.63. The van der Waals surface area contributed by atoms with E-state index in [1.807, 2.05) is 0 Å². The zero-order valence-corrected chi connectivity index (χ0v) is 11.2. The molecule has 1 aliphatic carbocycles. The highest BCUT2D eigenvalue weighted by molar-refractivity contribution is 8.04. The summed E-state index contributed by atoms with van der Waals surface area (Å²) in [6, 6.07) is 6.72. The molecule has 0 saturated heterocycles. The monoisotopic (exact) mass is 278 g/mol. The van der Waals surface area contributed by atoms with Crippen molar-refractivity contribution in [1.29, 1.82) is 0 Å². The maximum absolute atomic E-state index is 12.3. The van der Waals surface area contributed by atoms with E-state index in [1.54, 1.807) is 31.2 Å². The average Bonchev–Trinajstić information content (AvgIpc) is 2.44. The summed E-state index contributed by atoms with van der Waals surface area (Å²) in [6.45, 7) is 1.25. The van der Waals surface area contributed by atoms with Crippen LogP contribution in [-0.2, 0) is 0 Å². The highest BCUT2D eigenvalue weighted by Crippen LogP contribution is 2.32. The predicted molar refractivity (Wildman–Crippen MR) is 73.4 cm³/mol. The number of carbonyl (C=O) groups is 2. The van der Waals surface area contributed by atoms with Crippen LogP contribution in [0.4, 0.5) is 0 Å². The molecule has 2 N–H and O–H groups in total. The van der Waals surface area contributed by atoms with E-state index >= 15 is 0 Å². The number of hydrogen-bond donors (Lipinski definition) is 2. The number of Topliss-reactive ketones (excluding diaryl/α,β-unsaturated/α-hetero) is 2. The van der Waals surface area contributed by atoms with Crippen molar-refractivity contribution in [2.45, 2.75) is 13.0 Å². The van der Waals surface area contributed by atoms with Crippen LogP contribution in [0.15, 0.2) is 34.7 Å². The van der Waals surface area contributed by atoms with Crippen LogP contribution in [-0.4, -0.2) is 40.2 Å². The number of rotatable bonds is 4. The lowest BCUT2D eigenvalue weighted by molar-refractivity contribution is 0.0981. The molecule has 0 aliphatic heterocycles. The number of thioether (sulfide) groups is 1. The van der Waals surface area contributed by atoms with Gasteiger partial charge >= 0.3 is 0 Å². The van der Waals surface area contributed by atoms with Gasteiger partial charge in [-0.25, -0.2) is 0 Å². The maximum Gasteiger partial charge on any atom is 0.200 e. The molecule has 0 saturated carbocycles. The fourth-order valence-electron chi connectivity index (χ4n) is 1.88. The molecule has 0 amide bonds. The quantitative estimate of drug-likeness (QED) is 0.871. The summed E-state index contributed by atoms with van der Waals surface area (Å²) >= 11 is 1.11. The highest BCUT2D eigenvalue weighted by atomic mass is 32.2. The smallest absolute Gasteiger partial charge is 0.200 e. The van der Waals surface area contributed by atoms with Crippen molar-refractivity contribution in [2.24, 2.45) is 0 Å². The second kappa shape index (κ2) is 5.69. The molecular weight excluding hydrogens is 264 g/mol. The van der Waals surface area contributed by atoms with E-state index in [2.05, 4.69) is 0 Å². The Morgan fingerprint density at radius 1 is 1.16 bits per heavy atom. The molecule has 2 rings (SSSR count). The van der Waals surface area contributed by atoms with Crippen LogP contribution >= 0.6 is 11.8 Å². The fraction of sp³-hybridized carbons (Fsp3) is 0.286. The Morgan fingerprint density at radius 2 is 1.74 bits per heavy atom. The summed E-state index contributed by atoms with van der Waals surface area (Å²) in [6.07, 6.45) is -0.898. The normalized spacial score (nSPS) is 16.6. The van der Waals surface area contributed by atoms with Crippen molar-refractivity contribution in [1.82, 2.24) is 0 Å². The minimum atomic E-state index is -0.898. The first-order valence-corrected chi connectivity index (χ1v) is 6.85. The van der Waals surface area contributed by atoms with E-state index < -0.39 is 6.10 Å². The van der Waals surface area contributed by atoms with E-state index in [-0.39, 0.29) is 23.9 Å². The van der Waals surface area contributed by atoms with Crippen molar-refractivity contribution in [3.63, 3.8) is 0 Å². The first-order chi connectivity index (χ1) is 9.06. The van der Waals surface area contributed by atoms with Crippen molar-refractivity contribution in [2.75, 3.05) is 12.4 Å². The van der Waals surface area contributed by atoms with Crippen LogP contribution in [0.3, 0.4) is 0 Å². The van der Waals surface area contributed by atoms with Crippen molar-refractivity contribution >= 4 is 23.3 Å². The van der Waals surface area contributed by atoms with Gasteiger partial charge in [-0.15, -0.1) is 11.8 Å². The number of fused-ring (bicyclic) bond motifs is 1. The van der Waals surface area contributed by atoms with Crippen LogP contribution in [0.1, 0.15) is 27.6 Å². The predicted octanol–water partition coefficient (Wildman–Crippen LogP) is 1.43. The molecule has 100 valence electrons. The molecule has 0 spiro atoms. The third-order valence-corrected chi connectivity index (χ3v) is 4.27. The molecule has 0 unspecified atom stereocenters. The Balaban J connectivity index is 2.32. The van der Waals surface area contributed by atoms with Crippen LogP contribution < -0.4 is 0 Å². The summed E-state index contributed by atoms with van der Waals surface area (Å²) in [5.74, 6) is -0.163. The van der Waals surface area contributed by atoms with E-state index in [0.717, 1.165) is 11.8 Å². The van der Waals surface area contributed by atoms with E-state index in [9.17, 15) is 14.7 Å². The van der Waals surface area contributed by atoms with Gasteiger partial charge in [-0.2, -0.15) is 0 Å². The first-order valence-electron chi connectivity index (χ1n) is 5.87. The molecule has 1 aliphatic rings. The average molecular weight is 278 g/mol. The number of allylic oxidation sites excluding steroid dienone is 2. The summed E-state index contributed by atoms with van der Waals surface area (Å²) in [7, 11) is 0. The number of carbonyl (C=O) groups excluding carboxylic acids is 2. The molecule has 4 nitrogen and oxygen atoms in total. The minimum Gasteiger partial charge on any atom is -0.394 e. The molecule has 0 aromatic heterocycles. The van der Waals surface area contributed by atoms with Gasteiger partial charge < -0.3 is 10.2 Å². The number of aliphatic hydroxyl groups excluding tert-OH is 2. The number of hydrogen-bond acceptors (Lipinski definition) is 5. The molecule has 0 bridgehead atoms. The lowest BCUT2D eigenvalue weighted by atomic mass is 9.90. The molecule has 0 fully saturated rings. The Bertz CT molecular complexity index is 562. The van der Waals surface area contributed by atoms with E-state index in [1.165, 1.54) is 0 Å². The van der Waals surface area contributed by atoms with Crippen molar-refractivity contribution in [3.8, 4) is 0 Å². The van der Waals surface area contributed by atoms with Gasteiger partial charge in [0.15, 0.2) is 11.6 Å². The second-order valence-electron chi connectivity index (χ2n) is 4.31. The molecule has 0 heterocycles. The minimum absolute atomic E-state index is 0.156. The summed E-state index contributed by atoms with van der Waals surface area (Å²) in [5, 5.41) is 18.1. The standard InChI is InChI=1S/C14H14O4S/c1-8-12(17)10-4-2-3-5-11(10)13(18)14(8)19-7-9(16)6-15/h2-5,9,15-16H,6-7H2,1H3/t9-/m0/s1. The third-order valence-electron chi connectivity index (χ3n) is 2.93.